The Labute approximate surface area is 81.1 Å². The minimum absolute atomic E-state index is 0.234. The van der Waals surface area contributed by atoms with Crippen LogP contribution in [0.3, 0.4) is 0 Å². The van der Waals surface area contributed by atoms with Crippen molar-refractivity contribution in [2.45, 2.75) is 6.54 Å². The van der Waals surface area contributed by atoms with Gasteiger partial charge in [0.2, 0.25) is 0 Å². The van der Waals surface area contributed by atoms with Crippen LogP contribution in [0.5, 0.6) is 0 Å². The largest absolute Gasteiger partial charge is 0.378 e. The number of rotatable bonds is 5. The summed E-state index contributed by atoms with van der Waals surface area (Å²) in [7, 11) is 0. The molecule has 1 rings (SSSR count). The molecule has 0 saturated heterocycles. The summed E-state index contributed by atoms with van der Waals surface area (Å²) < 4.78 is 19.0. The fourth-order valence-electron chi connectivity index (χ4n) is 1.03. The predicted molar refractivity (Wildman–Crippen MR) is 50.5 cm³/mol. The third-order valence-corrected chi connectivity index (χ3v) is 1.69. The van der Waals surface area contributed by atoms with Crippen molar-refractivity contribution in [2.75, 3.05) is 19.8 Å². The van der Waals surface area contributed by atoms with Crippen molar-refractivity contribution in [3.05, 3.63) is 34.5 Å². The maximum Gasteiger partial charge on any atom is 0.250 e. The minimum atomic E-state index is -0.427. The average molecular weight is 200 g/mol. The lowest BCUT2D eigenvalue weighted by molar-refractivity contribution is 0.132. The Morgan fingerprint density at radius 3 is 2.93 bits per heavy atom. The summed E-state index contributed by atoms with van der Waals surface area (Å²) in [6, 6.07) is 2.33. The highest BCUT2D eigenvalue weighted by Gasteiger charge is 1.97. The van der Waals surface area contributed by atoms with E-state index in [1.807, 2.05) is 0 Å². The van der Waals surface area contributed by atoms with Crippen LogP contribution < -0.4 is 11.3 Å². The third-order valence-electron chi connectivity index (χ3n) is 1.69. The molecule has 1 aromatic rings. The number of nitrogens with two attached hydrogens (primary N) is 1. The lowest BCUT2D eigenvalue weighted by Gasteiger charge is -2.05. The maximum atomic E-state index is 12.7. The molecule has 0 aromatic carbocycles. The van der Waals surface area contributed by atoms with Crippen LogP contribution in [0.4, 0.5) is 4.39 Å². The molecule has 0 atom stereocenters. The van der Waals surface area contributed by atoms with E-state index in [4.69, 9.17) is 10.5 Å². The van der Waals surface area contributed by atoms with E-state index in [0.29, 0.717) is 26.3 Å². The summed E-state index contributed by atoms with van der Waals surface area (Å²) in [5, 5.41) is 0. The Balaban J connectivity index is 2.49. The first-order valence-corrected chi connectivity index (χ1v) is 4.38. The fourth-order valence-corrected chi connectivity index (χ4v) is 1.03. The zero-order chi connectivity index (χ0) is 10.4. The highest BCUT2D eigenvalue weighted by Crippen LogP contribution is 1.91. The molecule has 0 bridgehead atoms. The minimum Gasteiger partial charge on any atom is -0.378 e. The van der Waals surface area contributed by atoms with Gasteiger partial charge >= 0.3 is 0 Å². The number of ether oxygens (including phenoxy) is 1. The van der Waals surface area contributed by atoms with Crippen LogP contribution in [0, 0.1) is 5.82 Å². The van der Waals surface area contributed by atoms with Gasteiger partial charge in [-0.1, -0.05) is 0 Å². The zero-order valence-corrected chi connectivity index (χ0v) is 7.78. The molecule has 14 heavy (non-hydrogen) atoms. The zero-order valence-electron chi connectivity index (χ0n) is 7.78. The highest BCUT2D eigenvalue weighted by atomic mass is 19.1. The highest BCUT2D eigenvalue weighted by molar-refractivity contribution is 4.96. The molecular formula is C9H13FN2O2. The monoisotopic (exact) mass is 200 g/mol. The molecule has 5 heteroatoms. The van der Waals surface area contributed by atoms with Crippen molar-refractivity contribution in [3.63, 3.8) is 0 Å². The van der Waals surface area contributed by atoms with Gasteiger partial charge in [0.15, 0.2) is 0 Å². The van der Waals surface area contributed by atoms with Crippen LogP contribution in [-0.2, 0) is 11.3 Å². The van der Waals surface area contributed by atoms with Crippen LogP contribution >= 0.6 is 0 Å². The summed E-state index contributed by atoms with van der Waals surface area (Å²) in [5.41, 5.74) is 4.97. The van der Waals surface area contributed by atoms with E-state index in [-0.39, 0.29) is 5.56 Å². The Morgan fingerprint density at radius 2 is 2.21 bits per heavy atom. The van der Waals surface area contributed by atoms with Crippen LogP contribution in [0.2, 0.25) is 0 Å². The van der Waals surface area contributed by atoms with Gasteiger partial charge in [0.05, 0.1) is 13.2 Å². The molecule has 0 amide bonds. The molecule has 0 aliphatic heterocycles. The van der Waals surface area contributed by atoms with E-state index < -0.39 is 5.82 Å². The first-order valence-electron chi connectivity index (χ1n) is 4.38. The van der Waals surface area contributed by atoms with Crippen molar-refractivity contribution in [2.24, 2.45) is 5.73 Å². The molecule has 1 heterocycles. The van der Waals surface area contributed by atoms with Crippen molar-refractivity contribution >= 4 is 0 Å². The van der Waals surface area contributed by atoms with Crippen LogP contribution in [0.25, 0.3) is 0 Å². The summed E-state index contributed by atoms with van der Waals surface area (Å²) >= 11 is 0. The fraction of sp³-hybridized carbons (Fsp3) is 0.444. The smallest absolute Gasteiger partial charge is 0.250 e. The number of hydrogen-bond donors (Lipinski definition) is 1. The van der Waals surface area contributed by atoms with Gasteiger partial charge in [0.1, 0.15) is 5.82 Å². The summed E-state index contributed by atoms with van der Waals surface area (Å²) in [6.07, 6.45) is 1.16. The van der Waals surface area contributed by atoms with E-state index in [9.17, 15) is 9.18 Å². The van der Waals surface area contributed by atoms with E-state index >= 15 is 0 Å². The van der Waals surface area contributed by atoms with Gasteiger partial charge in [-0.2, -0.15) is 0 Å². The second-order valence-corrected chi connectivity index (χ2v) is 2.78. The molecule has 0 radical (unpaired) electrons. The van der Waals surface area contributed by atoms with Gasteiger partial charge in [0, 0.05) is 25.4 Å². The first-order chi connectivity index (χ1) is 6.74. The van der Waals surface area contributed by atoms with Gasteiger partial charge in [-0.25, -0.2) is 4.39 Å². The molecule has 0 unspecified atom stereocenters. The normalized spacial score (nSPS) is 10.4. The number of halogens is 1. The number of aromatic nitrogens is 1. The van der Waals surface area contributed by atoms with Crippen LogP contribution in [0.15, 0.2) is 23.1 Å². The van der Waals surface area contributed by atoms with E-state index in [0.717, 1.165) is 12.3 Å². The van der Waals surface area contributed by atoms with Gasteiger partial charge < -0.3 is 15.0 Å². The summed E-state index contributed by atoms with van der Waals surface area (Å²) in [5.74, 6) is -0.427. The van der Waals surface area contributed by atoms with E-state index in [2.05, 4.69) is 0 Å². The van der Waals surface area contributed by atoms with Gasteiger partial charge in [0.25, 0.3) is 5.56 Å². The Hall–Kier alpha value is -1.20. The van der Waals surface area contributed by atoms with E-state index in [1.165, 1.54) is 10.6 Å². The van der Waals surface area contributed by atoms with Crippen molar-refractivity contribution < 1.29 is 9.13 Å². The lowest BCUT2D eigenvalue weighted by atomic mass is 10.4. The van der Waals surface area contributed by atoms with Crippen molar-refractivity contribution in [1.29, 1.82) is 0 Å². The Kier molecular flexibility index (Phi) is 4.28. The lowest BCUT2D eigenvalue weighted by Crippen LogP contribution is -2.22. The first kappa shape index (κ1) is 10.9. The van der Waals surface area contributed by atoms with Gasteiger partial charge in [-0.15, -0.1) is 0 Å². The molecular weight excluding hydrogens is 187 g/mol. The van der Waals surface area contributed by atoms with Gasteiger partial charge in [-0.3, -0.25) is 4.79 Å². The quantitative estimate of drug-likeness (QED) is 0.679. The molecule has 78 valence electrons. The third kappa shape index (κ3) is 3.27. The van der Waals surface area contributed by atoms with E-state index in [1.54, 1.807) is 0 Å². The number of pyridine rings is 1. The standard InChI is InChI=1S/C9H13FN2O2/c10-8-1-2-9(13)12(7-8)4-6-14-5-3-11/h1-2,7H,3-6,11H2. The second kappa shape index (κ2) is 5.51. The van der Waals surface area contributed by atoms with Crippen LogP contribution in [-0.4, -0.2) is 24.3 Å². The molecule has 0 aliphatic carbocycles. The molecule has 0 spiro atoms. The van der Waals surface area contributed by atoms with Crippen molar-refractivity contribution in [3.8, 4) is 0 Å². The predicted octanol–water partition coefficient (Wildman–Crippen LogP) is -0.0373. The molecule has 2 N–H and O–H groups in total. The number of nitrogens with zero attached hydrogens (tertiary/aromatic N) is 1. The topological polar surface area (TPSA) is 57.2 Å². The Morgan fingerprint density at radius 1 is 1.43 bits per heavy atom. The molecule has 4 nitrogen and oxygen atoms in total. The summed E-state index contributed by atoms with van der Waals surface area (Å²) in [4.78, 5) is 11.2. The second-order valence-electron chi connectivity index (χ2n) is 2.78. The Bertz CT molecular complexity index is 338. The molecule has 0 saturated carbocycles. The summed E-state index contributed by atoms with van der Waals surface area (Å²) in [6.45, 7) is 1.60. The maximum absolute atomic E-state index is 12.7. The molecule has 1 aromatic heterocycles. The van der Waals surface area contributed by atoms with Crippen molar-refractivity contribution in [1.82, 2.24) is 4.57 Å². The van der Waals surface area contributed by atoms with Crippen LogP contribution in [0.1, 0.15) is 0 Å². The SMILES string of the molecule is NCCOCCn1cc(F)ccc1=O. The molecule has 0 fully saturated rings. The average Bonchev–Trinajstić information content (AvgIpc) is 2.18. The molecule has 0 aliphatic rings. The number of hydrogen-bond acceptors (Lipinski definition) is 3. The van der Waals surface area contributed by atoms with Gasteiger partial charge in [-0.05, 0) is 6.07 Å².